The van der Waals surface area contributed by atoms with Gasteiger partial charge < -0.3 is 59.2 Å². The third-order valence-corrected chi connectivity index (χ3v) is 15.0. The molecule has 0 unspecified atom stereocenters. The standard InChI is InChI=1S/C47H70N10O9S2/c1-4-66-32-17-15-31(16-18-32)25-34-43(62)54-35(24-30-12-7-5-8-13-30)45(64)57-40(29(2)3)46(65)55-36(26-38(50)58)44(63)56-37(42(61)52-23-22-51-41(60)33(49)14-11-21-48)28-67-68-47(27-39(59)53-34)19-9-6-10-20-47/h5,7-8,12-13,15-18,29,33-37,40H,4,6,9-11,14,19-28,48-49H2,1-3H3,(H2,50,58)(H,51,60)(H,52,61)(H,53,59)(H,54,62)(H,55,65)(H,56,63)(H,57,64)/t33-,34+,35-,36-,37-,40-/m0/s1. The minimum Gasteiger partial charge on any atom is -0.494 e. The van der Waals surface area contributed by atoms with E-state index in [-0.39, 0.29) is 44.0 Å². The second-order valence-electron chi connectivity index (χ2n) is 17.6. The number of amides is 8. The number of ether oxygens (including phenoxy) is 1. The fourth-order valence-electron chi connectivity index (χ4n) is 7.93. The number of benzene rings is 2. The molecule has 21 heteroatoms. The molecule has 1 heterocycles. The van der Waals surface area contributed by atoms with E-state index in [4.69, 9.17) is 21.9 Å². The first-order valence-corrected chi connectivity index (χ1v) is 25.7. The van der Waals surface area contributed by atoms with Crippen molar-refractivity contribution in [2.45, 2.75) is 132 Å². The minimum atomic E-state index is -1.55. The molecule has 0 radical (unpaired) electrons. The zero-order chi connectivity index (χ0) is 49.6. The molecule has 2 fully saturated rings. The van der Waals surface area contributed by atoms with Crippen molar-refractivity contribution in [3.8, 4) is 5.75 Å². The SMILES string of the molecule is CCOc1ccc(C[C@H]2NC(=O)CC3(CCCCC3)SSC[C@@H](C(=O)NCCNC(=O)[C@@H](N)CCCN)NC(=O)[C@H](CC(N)=O)NC(=O)[C@H](C(C)C)NC(=O)[C@H](Cc3ccccc3)NC2=O)cc1. The van der Waals surface area contributed by atoms with Crippen LogP contribution in [0.3, 0.4) is 0 Å². The van der Waals surface area contributed by atoms with Crippen LogP contribution in [-0.4, -0.2) is 120 Å². The highest BCUT2D eigenvalue weighted by molar-refractivity contribution is 8.77. The number of hydrogen-bond acceptors (Lipinski definition) is 13. The Morgan fingerprint density at radius 2 is 1.38 bits per heavy atom. The fourth-order valence-corrected chi connectivity index (χ4v) is 11.3. The van der Waals surface area contributed by atoms with Gasteiger partial charge in [-0.15, -0.1) is 0 Å². The van der Waals surface area contributed by atoms with Gasteiger partial charge in [0.25, 0.3) is 0 Å². The summed E-state index contributed by atoms with van der Waals surface area (Å²) in [6.07, 6.45) is 4.41. The van der Waals surface area contributed by atoms with Crippen LogP contribution in [0, 0.1) is 5.92 Å². The van der Waals surface area contributed by atoms with E-state index in [1.54, 1.807) is 50.2 Å². The predicted molar refractivity (Wildman–Crippen MR) is 263 cm³/mol. The normalized spacial score (nSPS) is 22.6. The topological polar surface area (TPSA) is 308 Å². The predicted octanol–water partition coefficient (Wildman–Crippen LogP) is 0.612. The Morgan fingerprint density at radius 1 is 0.779 bits per heavy atom. The van der Waals surface area contributed by atoms with Crippen LogP contribution < -0.4 is 59.2 Å². The Balaban J connectivity index is 1.71. The molecule has 1 spiro atoms. The lowest BCUT2D eigenvalue weighted by Gasteiger charge is -2.36. The number of rotatable bonds is 17. The zero-order valence-electron chi connectivity index (χ0n) is 39.3. The smallest absolute Gasteiger partial charge is 0.243 e. The number of primary amides is 1. The molecule has 6 atom stereocenters. The van der Waals surface area contributed by atoms with Gasteiger partial charge in [-0.2, -0.15) is 0 Å². The average Bonchev–Trinajstić information content (AvgIpc) is 3.30. The largest absolute Gasteiger partial charge is 0.494 e. The van der Waals surface area contributed by atoms with E-state index < -0.39 is 94.7 Å². The summed E-state index contributed by atoms with van der Waals surface area (Å²) < 4.78 is 5.00. The Bertz CT molecular complexity index is 2010. The van der Waals surface area contributed by atoms with Crippen LogP contribution in [0.4, 0.5) is 0 Å². The van der Waals surface area contributed by atoms with Crippen LogP contribution in [0.15, 0.2) is 54.6 Å². The lowest BCUT2D eigenvalue weighted by atomic mass is 9.85. The Labute approximate surface area is 406 Å². The summed E-state index contributed by atoms with van der Waals surface area (Å²) in [6, 6.07) is 8.98. The molecule has 13 N–H and O–H groups in total. The quantitative estimate of drug-likeness (QED) is 0.0769. The number of nitrogens with two attached hydrogens (primary N) is 3. The van der Waals surface area contributed by atoms with Crippen LogP contribution >= 0.6 is 21.6 Å². The van der Waals surface area contributed by atoms with Crippen molar-refractivity contribution < 1.29 is 43.1 Å². The van der Waals surface area contributed by atoms with Gasteiger partial charge in [0.05, 0.1) is 19.1 Å². The summed E-state index contributed by atoms with van der Waals surface area (Å²) in [4.78, 5) is 110. The van der Waals surface area contributed by atoms with E-state index in [1.807, 2.05) is 25.1 Å². The van der Waals surface area contributed by atoms with Gasteiger partial charge in [-0.25, -0.2) is 0 Å². The second-order valence-corrected chi connectivity index (χ2v) is 20.4. The second kappa shape index (κ2) is 28.2. The number of nitrogens with one attached hydrogen (secondary N) is 7. The Hall–Kier alpha value is -5.38. The summed E-state index contributed by atoms with van der Waals surface area (Å²) in [5.74, 6) is -5.30. The lowest BCUT2D eigenvalue weighted by Crippen LogP contribution is -2.61. The summed E-state index contributed by atoms with van der Waals surface area (Å²) in [6.45, 7) is 6.08. The Kier molecular flexibility index (Phi) is 22.9. The first-order chi connectivity index (χ1) is 32.5. The molecule has 19 nitrogen and oxygen atoms in total. The van der Waals surface area contributed by atoms with Crippen molar-refractivity contribution >= 4 is 68.8 Å². The average molecular weight is 983 g/mol. The molecule has 68 heavy (non-hydrogen) atoms. The first kappa shape index (κ1) is 55.2. The van der Waals surface area contributed by atoms with Gasteiger partial charge in [0, 0.05) is 42.9 Å². The van der Waals surface area contributed by atoms with Crippen LogP contribution in [0.5, 0.6) is 5.75 Å². The van der Waals surface area contributed by atoms with Crippen molar-refractivity contribution in [2.75, 3.05) is 32.0 Å². The maximum absolute atomic E-state index is 14.5. The van der Waals surface area contributed by atoms with Gasteiger partial charge in [0.1, 0.15) is 36.0 Å². The summed E-state index contributed by atoms with van der Waals surface area (Å²) in [5, 5.41) is 19.3. The van der Waals surface area contributed by atoms with E-state index in [2.05, 4.69) is 37.2 Å². The first-order valence-electron chi connectivity index (χ1n) is 23.4. The number of carbonyl (C=O) groups is 8. The molecule has 4 rings (SSSR count). The summed E-state index contributed by atoms with van der Waals surface area (Å²) >= 11 is 0. The molecule has 1 saturated heterocycles. The molecule has 1 aliphatic heterocycles. The van der Waals surface area contributed by atoms with Crippen LogP contribution in [0.2, 0.25) is 0 Å². The van der Waals surface area contributed by atoms with Crippen molar-refractivity contribution in [1.29, 1.82) is 0 Å². The van der Waals surface area contributed by atoms with Gasteiger partial charge in [0.2, 0.25) is 47.3 Å². The van der Waals surface area contributed by atoms with Crippen LogP contribution in [-0.2, 0) is 51.2 Å². The van der Waals surface area contributed by atoms with E-state index in [0.29, 0.717) is 50.1 Å². The highest BCUT2D eigenvalue weighted by Gasteiger charge is 2.39. The molecule has 0 aromatic heterocycles. The van der Waals surface area contributed by atoms with Gasteiger partial charge in [-0.05, 0) is 68.3 Å². The molecule has 8 amide bonds. The van der Waals surface area contributed by atoms with E-state index in [0.717, 1.165) is 24.8 Å². The molecule has 374 valence electrons. The van der Waals surface area contributed by atoms with Crippen molar-refractivity contribution in [3.05, 3.63) is 65.7 Å². The fraction of sp³-hybridized carbons (Fsp3) is 0.574. The summed E-state index contributed by atoms with van der Waals surface area (Å²) in [7, 11) is 2.71. The van der Waals surface area contributed by atoms with Crippen molar-refractivity contribution in [2.24, 2.45) is 23.1 Å². The molecule has 1 saturated carbocycles. The lowest BCUT2D eigenvalue weighted by molar-refractivity contribution is -0.136. The third kappa shape index (κ3) is 18.3. The van der Waals surface area contributed by atoms with E-state index in [1.165, 1.54) is 21.6 Å². The summed E-state index contributed by atoms with van der Waals surface area (Å²) in [5.41, 5.74) is 18.5. The molecule has 2 aromatic rings. The van der Waals surface area contributed by atoms with Crippen molar-refractivity contribution in [3.63, 3.8) is 0 Å². The number of hydrogen-bond donors (Lipinski definition) is 10. The molecular formula is C47H70N10O9S2. The van der Waals surface area contributed by atoms with E-state index >= 15 is 0 Å². The Morgan fingerprint density at radius 3 is 2.01 bits per heavy atom. The van der Waals surface area contributed by atoms with E-state index in [9.17, 15) is 38.4 Å². The highest BCUT2D eigenvalue weighted by Crippen LogP contribution is 2.48. The molecule has 2 aliphatic rings. The monoisotopic (exact) mass is 982 g/mol. The van der Waals surface area contributed by atoms with Crippen LogP contribution in [0.1, 0.15) is 89.7 Å². The van der Waals surface area contributed by atoms with Crippen LogP contribution in [0.25, 0.3) is 0 Å². The zero-order valence-corrected chi connectivity index (χ0v) is 40.9. The maximum atomic E-state index is 14.5. The maximum Gasteiger partial charge on any atom is 0.243 e. The number of carbonyl (C=O) groups excluding carboxylic acids is 8. The minimum absolute atomic E-state index is 0.00454. The molecule has 0 bridgehead atoms. The molecular weight excluding hydrogens is 913 g/mol. The van der Waals surface area contributed by atoms with Gasteiger partial charge in [0.15, 0.2) is 0 Å². The molecule has 1 aliphatic carbocycles. The van der Waals surface area contributed by atoms with Gasteiger partial charge in [-0.1, -0.05) is 97.2 Å². The highest BCUT2D eigenvalue weighted by atomic mass is 33.1. The van der Waals surface area contributed by atoms with Gasteiger partial charge in [-0.3, -0.25) is 38.4 Å². The third-order valence-electron chi connectivity index (χ3n) is 11.7. The molecule has 2 aromatic carbocycles. The van der Waals surface area contributed by atoms with Crippen molar-refractivity contribution in [1.82, 2.24) is 37.2 Å². The van der Waals surface area contributed by atoms with Gasteiger partial charge >= 0.3 is 0 Å².